The van der Waals surface area contributed by atoms with Crippen molar-refractivity contribution in [1.29, 1.82) is 5.26 Å². The summed E-state index contributed by atoms with van der Waals surface area (Å²) in [7, 11) is 0. The van der Waals surface area contributed by atoms with Gasteiger partial charge in [-0.2, -0.15) is 5.26 Å². The van der Waals surface area contributed by atoms with Crippen molar-refractivity contribution in [1.82, 2.24) is 19.9 Å². The second-order valence-electron chi connectivity index (χ2n) is 9.92. The van der Waals surface area contributed by atoms with Gasteiger partial charge in [0.25, 0.3) is 5.91 Å². The summed E-state index contributed by atoms with van der Waals surface area (Å²) in [4.78, 5) is 31.5. The van der Waals surface area contributed by atoms with E-state index in [0.29, 0.717) is 22.6 Å². The van der Waals surface area contributed by atoms with E-state index in [1.54, 1.807) is 24.3 Å². The number of ether oxygens (including phenoxy) is 1. The number of imidazole rings is 2. The number of hydrogen-bond donors (Lipinski definition) is 3. The first-order valence-electron chi connectivity index (χ1n) is 13.4. The Balaban J connectivity index is 1.08. The molecule has 4 aromatic carbocycles. The van der Waals surface area contributed by atoms with Crippen molar-refractivity contribution in [2.45, 2.75) is 0 Å². The highest BCUT2D eigenvalue weighted by Gasteiger charge is 2.14. The SMILES string of the molecule is N#Cc1ccc(-c2nc3ccc(C(=O)Nc4ccc5nc(-c6ccc(N7CCOCC7)cc6)[nH]c5c4)cc3[nH]2)cc1. The third kappa shape index (κ3) is 4.88. The number of nitriles is 1. The van der Waals surface area contributed by atoms with Crippen LogP contribution in [0.15, 0.2) is 84.9 Å². The molecular weight excluding hydrogens is 514 g/mol. The maximum absolute atomic E-state index is 13.1. The summed E-state index contributed by atoms with van der Waals surface area (Å²) in [5.41, 5.74) is 7.99. The molecule has 0 saturated carbocycles. The summed E-state index contributed by atoms with van der Waals surface area (Å²) in [6.07, 6.45) is 0. The van der Waals surface area contributed by atoms with Crippen LogP contribution in [0, 0.1) is 11.3 Å². The van der Waals surface area contributed by atoms with Crippen LogP contribution in [0.25, 0.3) is 44.8 Å². The Hall–Kier alpha value is -5.46. The molecule has 41 heavy (non-hydrogen) atoms. The van der Waals surface area contributed by atoms with E-state index >= 15 is 0 Å². The van der Waals surface area contributed by atoms with Crippen molar-refractivity contribution in [3.63, 3.8) is 0 Å². The van der Waals surface area contributed by atoms with Crippen molar-refractivity contribution in [3.05, 3.63) is 96.1 Å². The van der Waals surface area contributed by atoms with Gasteiger partial charge in [-0.25, -0.2) is 9.97 Å². The number of carbonyl (C=O) groups excluding carboxylic acids is 1. The molecule has 3 heterocycles. The highest BCUT2D eigenvalue weighted by Crippen LogP contribution is 2.26. The highest BCUT2D eigenvalue weighted by atomic mass is 16.5. The van der Waals surface area contributed by atoms with E-state index in [0.717, 1.165) is 65.3 Å². The van der Waals surface area contributed by atoms with Crippen LogP contribution in [0.1, 0.15) is 15.9 Å². The second-order valence-corrected chi connectivity index (χ2v) is 9.92. The fourth-order valence-electron chi connectivity index (χ4n) is 5.07. The molecule has 9 nitrogen and oxygen atoms in total. The first kappa shape index (κ1) is 24.6. The minimum Gasteiger partial charge on any atom is -0.378 e. The first-order valence-corrected chi connectivity index (χ1v) is 13.4. The molecule has 1 aliphatic rings. The molecule has 0 spiro atoms. The van der Waals surface area contributed by atoms with Crippen LogP contribution in [0.3, 0.4) is 0 Å². The van der Waals surface area contributed by atoms with Gasteiger partial charge in [-0.3, -0.25) is 4.79 Å². The van der Waals surface area contributed by atoms with Crippen LogP contribution in [-0.2, 0) is 4.74 Å². The van der Waals surface area contributed by atoms with Crippen molar-refractivity contribution in [3.8, 4) is 28.8 Å². The van der Waals surface area contributed by atoms with Crippen molar-refractivity contribution < 1.29 is 9.53 Å². The Labute approximate surface area is 235 Å². The second kappa shape index (κ2) is 10.3. The Morgan fingerprint density at radius 2 is 1.41 bits per heavy atom. The number of benzene rings is 4. The molecule has 1 aliphatic heterocycles. The lowest BCUT2D eigenvalue weighted by Gasteiger charge is -2.28. The van der Waals surface area contributed by atoms with Gasteiger partial charge in [0.15, 0.2) is 0 Å². The van der Waals surface area contributed by atoms with Gasteiger partial charge in [-0.05, 0) is 84.9 Å². The normalized spacial score (nSPS) is 13.4. The predicted octanol–water partition coefficient (Wildman–Crippen LogP) is 5.73. The van der Waals surface area contributed by atoms with E-state index in [1.807, 2.05) is 36.4 Å². The van der Waals surface area contributed by atoms with E-state index in [2.05, 4.69) is 55.5 Å². The molecule has 3 N–H and O–H groups in total. The fourth-order valence-corrected chi connectivity index (χ4v) is 5.07. The van der Waals surface area contributed by atoms with Crippen molar-refractivity contribution in [2.75, 3.05) is 36.5 Å². The number of carbonyl (C=O) groups is 1. The average molecular weight is 540 g/mol. The zero-order chi connectivity index (χ0) is 27.8. The van der Waals surface area contributed by atoms with Crippen LogP contribution in [0.5, 0.6) is 0 Å². The Morgan fingerprint density at radius 1 is 0.805 bits per heavy atom. The Bertz CT molecular complexity index is 1930. The number of hydrogen-bond acceptors (Lipinski definition) is 6. The topological polar surface area (TPSA) is 123 Å². The minimum atomic E-state index is -0.223. The predicted molar refractivity (Wildman–Crippen MR) is 159 cm³/mol. The van der Waals surface area contributed by atoms with Gasteiger partial charge >= 0.3 is 0 Å². The molecule has 0 radical (unpaired) electrons. The minimum absolute atomic E-state index is 0.223. The standard InChI is InChI=1S/C32H25N7O2/c33-19-20-1-3-21(4-2-20)30-35-26-11-7-23(17-28(26)37-30)32(40)34-24-8-12-27-29(18-24)38-31(36-27)22-5-9-25(10-6-22)39-13-15-41-16-14-39/h1-12,17-18H,13-16H2,(H,34,40)(H,35,37)(H,36,38). The largest absolute Gasteiger partial charge is 0.378 e. The first-order chi connectivity index (χ1) is 20.1. The van der Waals surface area contributed by atoms with Gasteiger partial charge < -0.3 is 24.9 Å². The summed E-state index contributed by atoms with van der Waals surface area (Å²) in [6.45, 7) is 3.30. The summed E-state index contributed by atoms with van der Waals surface area (Å²) < 4.78 is 5.45. The Kier molecular flexibility index (Phi) is 6.15. The van der Waals surface area contributed by atoms with E-state index in [9.17, 15) is 4.79 Å². The quantitative estimate of drug-likeness (QED) is 0.257. The highest BCUT2D eigenvalue weighted by molar-refractivity contribution is 6.06. The van der Waals surface area contributed by atoms with Crippen LogP contribution in [-0.4, -0.2) is 52.1 Å². The number of fused-ring (bicyclic) bond motifs is 2. The van der Waals surface area contributed by atoms with E-state index in [4.69, 9.17) is 15.0 Å². The lowest BCUT2D eigenvalue weighted by molar-refractivity contribution is 0.102. The Morgan fingerprint density at radius 3 is 2.07 bits per heavy atom. The molecule has 6 aromatic rings. The monoisotopic (exact) mass is 539 g/mol. The third-order valence-electron chi connectivity index (χ3n) is 7.29. The van der Waals surface area contributed by atoms with Crippen LogP contribution >= 0.6 is 0 Å². The van der Waals surface area contributed by atoms with Gasteiger partial charge in [0, 0.05) is 41.2 Å². The van der Waals surface area contributed by atoms with Crippen LogP contribution < -0.4 is 10.2 Å². The van der Waals surface area contributed by atoms with E-state index in [-0.39, 0.29) is 5.91 Å². The van der Waals surface area contributed by atoms with Crippen LogP contribution in [0.4, 0.5) is 11.4 Å². The van der Waals surface area contributed by atoms with E-state index in [1.165, 1.54) is 5.69 Å². The van der Waals surface area contributed by atoms with Crippen molar-refractivity contribution >= 4 is 39.3 Å². The van der Waals surface area contributed by atoms with Crippen molar-refractivity contribution in [2.24, 2.45) is 0 Å². The summed E-state index contributed by atoms with van der Waals surface area (Å²) in [5.74, 6) is 1.23. The molecule has 1 fully saturated rings. The molecule has 200 valence electrons. The maximum Gasteiger partial charge on any atom is 0.255 e. The number of amides is 1. The molecule has 0 unspecified atom stereocenters. The number of nitrogens with one attached hydrogen (secondary N) is 3. The lowest BCUT2D eigenvalue weighted by atomic mass is 10.1. The summed E-state index contributed by atoms with van der Waals surface area (Å²) in [6, 6.07) is 28.7. The van der Waals surface area contributed by atoms with Gasteiger partial charge in [0.2, 0.25) is 0 Å². The third-order valence-corrected chi connectivity index (χ3v) is 7.29. The van der Waals surface area contributed by atoms with Gasteiger partial charge in [-0.15, -0.1) is 0 Å². The molecule has 0 aliphatic carbocycles. The maximum atomic E-state index is 13.1. The molecule has 1 saturated heterocycles. The zero-order valence-electron chi connectivity index (χ0n) is 22.0. The summed E-state index contributed by atoms with van der Waals surface area (Å²) in [5, 5.41) is 12.0. The number of rotatable bonds is 5. The number of anilines is 2. The molecular formula is C32H25N7O2. The number of H-pyrrole nitrogens is 2. The molecule has 2 aromatic heterocycles. The molecule has 9 heteroatoms. The number of nitrogens with zero attached hydrogens (tertiary/aromatic N) is 4. The number of morpholine rings is 1. The molecule has 0 atom stereocenters. The van der Waals surface area contributed by atoms with Gasteiger partial charge in [0.1, 0.15) is 11.6 Å². The number of aromatic nitrogens is 4. The molecule has 7 rings (SSSR count). The smallest absolute Gasteiger partial charge is 0.255 e. The molecule has 0 bridgehead atoms. The fraction of sp³-hybridized carbons (Fsp3) is 0.125. The van der Waals surface area contributed by atoms with Gasteiger partial charge in [-0.1, -0.05) is 0 Å². The van der Waals surface area contributed by atoms with Crippen LogP contribution in [0.2, 0.25) is 0 Å². The average Bonchev–Trinajstić information content (AvgIpc) is 3.65. The summed E-state index contributed by atoms with van der Waals surface area (Å²) >= 11 is 0. The molecule has 1 amide bonds. The number of aromatic amines is 2. The lowest BCUT2D eigenvalue weighted by Crippen LogP contribution is -2.36. The van der Waals surface area contributed by atoms with Gasteiger partial charge in [0.05, 0.1) is 46.9 Å². The zero-order valence-corrected chi connectivity index (χ0v) is 22.0. The van der Waals surface area contributed by atoms with E-state index < -0.39 is 0 Å².